The normalized spacial score (nSPS) is 15.8. The molecule has 1 aliphatic heterocycles. The van der Waals surface area contributed by atoms with E-state index in [0.29, 0.717) is 24.3 Å². The van der Waals surface area contributed by atoms with E-state index in [1.807, 2.05) is 13.8 Å². The van der Waals surface area contributed by atoms with Gasteiger partial charge in [-0.3, -0.25) is 4.90 Å². The van der Waals surface area contributed by atoms with Gasteiger partial charge in [0.1, 0.15) is 12.0 Å². The van der Waals surface area contributed by atoms with Gasteiger partial charge in [0.2, 0.25) is 14.9 Å². The summed E-state index contributed by atoms with van der Waals surface area (Å²) in [5.41, 5.74) is 1.29. The number of fused-ring (bicyclic) bond motifs is 3. The Balaban J connectivity index is 1.90. The molecule has 9 heteroatoms. The van der Waals surface area contributed by atoms with E-state index in [1.54, 1.807) is 24.3 Å². The van der Waals surface area contributed by atoms with Gasteiger partial charge in [-0.2, -0.15) is 4.68 Å². The topological polar surface area (TPSA) is 80.1 Å². The third-order valence-electron chi connectivity index (χ3n) is 4.91. The summed E-state index contributed by atoms with van der Waals surface area (Å²) in [6.45, 7) is 5.39. The Morgan fingerprint density at radius 3 is 2.54 bits per heavy atom. The predicted octanol–water partition coefficient (Wildman–Crippen LogP) is 3.01. The van der Waals surface area contributed by atoms with Crippen LogP contribution in [0.5, 0.6) is 0 Å². The van der Waals surface area contributed by atoms with Crippen LogP contribution < -0.4 is 5.32 Å². The molecule has 28 heavy (non-hydrogen) atoms. The number of rotatable bonds is 5. The summed E-state index contributed by atoms with van der Waals surface area (Å²) in [5.74, 6) is -0.0849. The highest BCUT2D eigenvalue weighted by molar-refractivity contribution is 7.91. The van der Waals surface area contributed by atoms with Gasteiger partial charge in [0, 0.05) is 5.56 Å². The quantitative estimate of drug-likeness (QED) is 0.708. The van der Waals surface area contributed by atoms with Crippen molar-refractivity contribution in [3.05, 3.63) is 59.9 Å². The highest BCUT2D eigenvalue weighted by Gasteiger charge is 2.35. The van der Waals surface area contributed by atoms with Crippen LogP contribution in [0.3, 0.4) is 0 Å². The molecule has 1 N–H and O–H groups in total. The van der Waals surface area contributed by atoms with Gasteiger partial charge in [0.05, 0.1) is 10.6 Å². The minimum absolute atomic E-state index is 0.143. The Hall–Kier alpha value is -2.78. The van der Waals surface area contributed by atoms with Crippen molar-refractivity contribution < 1.29 is 12.8 Å². The third kappa shape index (κ3) is 2.87. The summed E-state index contributed by atoms with van der Waals surface area (Å²) < 4.78 is 41.6. The summed E-state index contributed by atoms with van der Waals surface area (Å²) in [5, 5.41) is 11.1. The minimum atomic E-state index is -3.86. The van der Waals surface area contributed by atoms with E-state index < -0.39 is 16.0 Å². The molecule has 1 aromatic heterocycles. The fourth-order valence-electron chi connectivity index (χ4n) is 3.47. The number of halogens is 1. The lowest BCUT2D eigenvalue weighted by Crippen LogP contribution is -2.37. The first kappa shape index (κ1) is 18.6. The van der Waals surface area contributed by atoms with E-state index >= 15 is 0 Å². The first-order valence-electron chi connectivity index (χ1n) is 9.03. The van der Waals surface area contributed by atoms with Crippen LogP contribution in [0.4, 0.5) is 10.2 Å². The van der Waals surface area contributed by atoms with Crippen molar-refractivity contribution in [3.63, 3.8) is 0 Å². The van der Waals surface area contributed by atoms with Crippen LogP contribution in [0.15, 0.2) is 58.5 Å². The maximum absolute atomic E-state index is 13.9. The second kappa shape index (κ2) is 6.99. The van der Waals surface area contributed by atoms with Crippen molar-refractivity contribution in [2.75, 3.05) is 18.4 Å². The average molecular weight is 401 g/mol. The molecule has 0 amide bonds. The molecule has 3 aromatic rings. The predicted molar refractivity (Wildman–Crippen MR) is 102 cm³/mol. The largest absolute Gasteiger partial charge is 0.348 e. The van der Waals surface area contributed by atoms with Gasteiger partial charge in [0.15, 0.2) is 5.82 Å². The molecule has 2 aromatic carbocycles. The molecule has 0 saturated heterocycles. The molecule has 146 valence electrons. The molecular formula is C19H20FN5O2S. The van der Waals surface area contributed by atoms with Gasteiger partial charge >= 0.3 is 0 Å². The number of hydrogen-bond acceptors (Lipinski definition) is 6. The van der Waals surface area contributed by atoms with Crippen LogP contribution in [0.1, 0.15) is 25.6 Å². The van der Waals surface area contributed by atoms with Crippen molar-refractivity contribution in [2.24, 2.45) is 0 Å². The number of sulfone groups is 1. The SMILES string of the molecule is CCN(CC)C1Nc2c(S(=O)(=O)c3ccccc3)nnn2-c2ccc(F)cc21. The maximum Gasteiger partial charge on any atom is 0.229 e. The molecular weight excluding hydrogens is 381 g/mol. The number of hydrogen-bond donors (Lipinski definition) is 1. The number of nitrogens with one attached hydrogen (secondary N) is 1. The van der Waals surface area contributed by atoms with E-state index in [-0.39, 0.29) is 21.6 Å². The fraction of sp³-hybridized carbons (Fsp3) is 0.263. The first-order chi connectivity index (χ1) is 13.5. The van der Waals surface area contributed by atoms with E-state index in [9.17, 15) is 12.8 Å². The summed E-state index contributed by atoms with van der Waals surface area (Å²) in [6.07, 6.45) is -0.392. The van der Waals surface area contributed by atoms with Crippen LogP contribution in [0, 0.1) is 5.82 Å². The molecule has 2 heterocycles. The highest BCUT2D eigenvalue weighted by atomic mass is 32.2. The molecule has 0 fully saturated rings. The highest BCUT2D eigenvalue weighted by Crippen LogP contribution is 2.38. The molecule has 0 spiro atoms. The van der Waals surface area contributed by atoms with Crippen LogP contribution >= 0.6 is 0 Å². The van der Waals surface area contributed by atoms with Crippen LogP contribution in [0.25, 0.3) is 5.69 Å². The molecule has 1 atom stereocenters. The zero-order chi connectivity index (χ0) is 19.9. The molecule has 1 unspecified atom stereocenters. The lowest BCUT2D eigenvalue weighted by molar-refractivity contribution is 0.237. The number of aromatic nitrogens is 3. The first-order valence-corrected chi connectivity index (χ1v) is 10.5. The van der Waals surface area contributed by atoms with Gasteiger partial charge in [-0.05, 0) is 43.4 Å². The molecule has 1 aliphatic rings. The molecule has 0 aliphatic carbocycles. The van der Waals surface area contributed by atoms with Gasteiger partial charge < -0.3 is 5.32 Å². The van der Waals surface area contributed by atoms with Crippen LogP contribution in [0.2, 0.25) is 0 Å². The Kier molecular flexibility index (Phi) is 4.64. The van der Waals surface area contributed by atoms with Gasteiger partial charge in [0.25, 0.3) is 0 Å². The summed E-state index contributed by atoms with van der Waals surface area (Å²) in [4.78, 5) is 2.22. The van der Waals surface area contributed by atoms with E-state index in [4.69, 9.17) is 0 Å². The van der Waals surface area contributed by atoms with Gasteiger partial charge in [-0.25, -0.2) is 12.8 Å². The van der Waals surface area contributed by atoms with Crippen molar-refractivity contribution in [1.29, 1.82) is 0 Å². The van der Waals surface area contributed by atoms with Gasteiger partial charge in [-0.1, -0.05) is 37.3 Å². The Morgan fingerprint density at radius 1 is 1.14 bits per heavy atom. The number of benzene rings is 2. The molecule has 7 nitrogen and oxygen atoms in total. The van der Waals surface area contributed by atoms with E-state index in [1.165, 1.54) is 28.9 Å². The minimum Gasteiger partial charge on any atom is -0.348 e. The second-order valence-corrected chi connectivity index (χ2v) is 8.31. The maximum atomic E-state index is 13.9. The third-order valence-corrected chi connectivity index (χ3v) is 6.59. The van der Waals surface area contributed by atoms with Crippen LogP contribution in [-0.4, -0.2) is 41.4 Å². The lowest BCUT2D eigenvalue weighted by atomic mass is 10.1. The molecule has 4 rings (SSSR count). The zero-order valence-electron chi connectivity index (χ0n) is 15.5. The van der Waals surface area contributed by atoms with E-state index in [0.717, 1.165) is 0 Å². The smallest absolute Gasteiger partial charge is 0.229 e. The molecule has 0 bridgehead atoms. The monoisotopic (exact) mass is 401 g/mol. The van der Waals surface area contributed by atoms with Crippen molar-refractivity contribution >= 4 is 15.7 Å². The van der Waals surface area contributed by atoms with Crippen LogP contribution in [-0.2, 0) is 9.84 Å². The number of nitrogens with zero attached hydrogens (tertiary/aromatic N) is 4. The number of anilines is 1. The Labute approximate surface area is 162 Å². The lowest BCUT2D eigenvalue weighted by Gasteiger charge is -2.35. The van der Waals surface area contributed by atoms with Crippen molar-refractivity contribution in [2.45, 2.75) is 29.9 Å². The Bertz CT molecular complexity index is 1110. The summed E-state index contributed by atoms with van der Waals surface area (Å²) >= 11 is 0. The fourth-order valence-corrected chi connectivity index (χ4v) is 4.76. The molecule has 0 saturated carbocycles. The average Bonchev–Trinajstić information content (AvgIpc) is 3.14. The van der Waals surface area contributed by atoms with E-state index in [2.05, 4.69) is 20.5 Å². The van der Waals surface area contributed by atoms with Crippen molar-refractivity contribution in [3.8, 4) is 5.69 Å². The van der Waals surface area contributed by atoms with Gasteiger partial charge in [-0.15, -0.1) is 5.10 Å². The Morgan fingerprint density at radius 2 is 1.86 bits per heavy atom. The second-order valence-electron chi connectivity index (χ2n) is 6.44. The van der Waals surface area contributed by atoms with Crippen molar-refractivity contribution in [1.82, 2.24) is 19.9 Å². The summed E-state index contributed by atoms with van der Waals surface area (Å²) in [7, 11) is -3.86. The standard InChI is InChI=1S/C19H20FN5O2S/c1-3-24(4-2)17-15-12-13(20)10-11-16(15)25-18(21-17)19(22-23-25)28(26,27)14-8-6-5-7-9-14/h5-12,17,21H,3-4H2,1-2H3. The summed E-state index contributed by atoms with van der Waals surface area (Å²) in [6, 6.07) is 12.5. The zero-order valence-corrected chi connectivity index (χ0v) is 16.3. The molecule has 0 radical (unpaired) electrons.